The van der Waals surface area contributed by atoms with Crippen molar-refractivity contribution in [3.8, 4) is 11.1 Å². The van der Waals surface area contributed by atoms with Gasteiger partial charge in [0.25, 0.3) is 0 Å². The first-order valence-electron chi connectivity index (χ1n) is 5.86. The van der Waals surface area contributed by atoms with E-state index in [0.717, 1.165) is 6.42 Å². The quantitative estimate of drug-likeness (QED) is 0.520. The summed E-state index contributed by atoms with van der Waals surface area (Å²) in [6.07, 6.45) is 1.11. The SMILES string of the molecule is Cc1cc(C)c2c(c1)-c1cccc(C)c1C2. The molecule has 0 amide bonds. The van der Waals surface area contributed by atoms with Crippen molar-refractivity contribution in [3.63, 3.8) is 0 Å². The zero-order valence-corrected chi connectivity index (χ0v) is 10.1. The highest BCUT2D eigenvalue weighted by atomic mass is 14.2. The van der Waals surface area contributed by atoms with Gasteiger partial charge in [-0.2, -0.15) is 0 Å². The van der Waals surface area contributed by atoms with E-state index in [1.54, 1.807) is 0 Å². The Bertz CT molecular complexity index is 577. The highest BCUT2D eigenvalue weighted by Crippen LogP contribution is 2.40. The lowest BCUT2D eigenvalue weighted by molar-refractivity contribution is 1.18. The first kappa shape index (κ1) is 9.65. The van der Waals surface area contributed by atoms with Gasteiger partial charge in [-0.1, -0.05) is 35.9 Å². The van der Waals surface area contributed by atoms with Crippen LogP contribution >= 0.6 is 0 Å². The standard InChI is InChI=1S/C16H16/c1-10-7-12(3)15-9-14-11(2)5-4-6-13(14)16(15)8-10/h4-8H,9H2,1-3H3. The zero-order chi connectivity index (χ0) is 11.3. The molecule has 0 nitrogen and oxygen atoms in total. The lowest BCUT2D eigenvalue weighted by atomic mass is 9.99. The number of aryl methyl sites for hydroxylation is 3. The van der Waals surface area contributed by atoms with Crippen molar-refractivity contribution in [2.75, 3.05) is 0 Å². The summed E-state index contributed by atoms with van der Waals surface area (Å²) in [5.41, 5.74) is 10.2. The number of hydrogen-bond acceptors (Lipinski definition) is 0. The smallest absolute Gasteiger partial charge is 0.000819 e. The first-order chi connectivity index (χ1) is 7.66. The summed E-state index contributed by atoms with van der Waals surface area (Å²) in [7, 11) is 0. The van der Waals surface area contributed by atoms with Gasteiger partial charge in [-0.05, 0) is 60.6 Å². The number of fused-ring (bicyclic) bond motifs is 3. The molecule has 0 aromatic heterocycles. The molecule has 0 radical (unpaired) electrons. The van der Waals surface area contributed by atoms with Crippen LogP contribution in [0.2, 0.25) is 0 Å². The van der Waals surface area contributed by atoms with Gasteiger partial charge >= 0.3 is 0 Å². The predicted molar refractivity (Wildman–Crippen MR) is 68.9 cm³/mol. The van der Waals surface area contributed by atoms with Crippen molar-refractivity contribution >= 4 is 0 Å². The third kappa shape index (κ3) is 1.23. The largest absolute Gasteiger partial charge is 0.0614 e. The van der Waals surface area contributed by atoms with Crippen molar-refractivity contribution < 1.29 is 0 Å². The topological polar surface area (TPSA) is 0 Å². The summed E-state index contributed by atoms with van der Waals surface area (Å²) in [6.45, 7) is 6.63. The van der Waals surface area contributed by atoms with Crippen molar-refractivity contribution in [2.24, 2.45) is 0 Å². The highest BCUT2D eigenvalue weighted by molar-refractivity contribution is 5.79. The van der Waals surface area contributed by atoms with Crippen LogP contribution in [0.1, 0.15) is 27.8 Å². The molecule has 0 heterocycles. The fourth-order valence-electron chi connectivity index (χ4n) is 2.84. The molecule has 0 bridgehead atoms. The molecule has 0 spiro atoms. The van der Waals surface area contributed by atoms with Crippen molar-refractivity contribution in [1.29, 1.82) is 0 Å². The van der Waals surface area contributed by atoms with E-state index in [-0.39, 0.29) is 0 Å². The molecule has 16 heavy (non-hydrogen) atoms. The summed E-state index contributed by atoms with van der Waals surface area (Å²) in [5, 5.41) is 0. The van der Waals surface area contributed by atoms with Crippen LogP contribution in [0.4, 0.5) is 0 Å². The van der Waals surface area contributed by atoms with Crippen LogP contribution < -0.4 is 0 Å². The summed E-state index contributed by atoms with van der Waals surface area (Å²) in [6, 6.07) is 11.3. The van der Waals surface area contributed by atoms with Crippen molar-refractivity contribution in [1.82, 2.24) is 0 Å². The molecule has 0 atom stereocenters. The van der Waals surface area contributed by atoms with E-state index >= 15 is 0 Å². The van der Waals surface area contributed by atoms with Gasteiger partial charge in [0.1, 0.15) is 0 Å². The van der Waals surface area contributed by atoms with Gasteiger partial charge < -0.3 is 0 Å². The molecule has 0 heteroatoms. The Morgan fingerprint density at radius 1 is 0.812 bits per heavy atom. The van der Waals surface area contributed by atoms with E-state index in [9.17, 15) is 0 Å². The summed E-state index contributed by atoms with van der Waals surface area (Å²) in [5.74, 6) is 0. The van der Waals surface area contributed by atoms with Crippen LogP contribution in [0.15, 0.2) is 30.3 Å². The normalized spacial score (nSPS) is 12.4. The Hall–Kier alpha value is -1.56. The van der Waals surface area contributed by atoms with E-state index in [1.165, 1.54) is 38.9 Å². The minimum Gasteiger partial charge on any atom is -0.0614 e. The number of benzene rings is 2. The fraction of sp³-hybridized carbons (Fsp3) is 0.250. The predicted octanol–water partition coefficient (Wildman–Crippen LogP) is 4.18. The van der Waals surface area contributed by atoms with Gasteiger partial charge in [-0.3, -0.25) is 0 Å². The van der Waals surface area contributed by atoms with Crippen LogP contribution in [0, 0.1) is 20.8 Å². The zero-order valence-electron chi connectivity index (χ0n) is 10.1. The lowest BCUT2D eigenvalue weighted by Gasteiger charge is -2.06. The van der Waals surface area contributed by atoms with Crippen molar-refractivity contribution in [3.05, 3.63) is 58.1 Å². The molecular weight excluding hydrogens is 192 g/mol. The summed E-state index contributed by atoms with van der Waals surface area (Å²) in [4.78, 5) is 0. The molecule has 0 saturated heterocycles. The Labute approximate surface area is 96.9 Å². The molecule has 3 rings (SSSR count). The molecule has 0 fully saturated rings. The Morgan fingerprint density at radius 2 is 1.56 bits per heavy atom. The maximum absolute atomic E-state index is 2.33. The second-order valence-electron chi connectivity index (χ2n) is 4.89. The second kappa shape index (κ2) is 3.21. The minimum atomic E-state index is 1.11. The second-order valence-corrected chi connectivity index (χ2v) is 4.89. The van der Waals surface area contributed by atoms with Gasteiger partial charge in [0, 0.05) is 0 Å². The third-order valence-electron chi connectivity index (χ3n) is 3.67. The van der Waals surface area contributed by atoms with Gasteiger partial charge in [0.2, 0.25) is 0 Å². The molecule has 0 saturated carbocycles. The maximum Gasteiger partial charge on any atom is -0.000819 e. The molecule has 1 aliphatic carbocycles. The highest BCUT2D eigenvalue weighted by Gasteiger charge is 2.21. The van der Waals surface area contributed by atoms with Crippen LogP contribution in [0.25, 0.3) is 11.1 Å². The summed E-state index contributed by atoms with van der Waals surface area (Å²) >= 11 is 0. The summed E-state index contributed by atoms with van der Waals surface area (Å²) < 4.78 is 0. The lowest BCUT2D eigenvalue weighted by Crippen LogP contribution is -1.88. The molecule has 80 valence electrons. The molecular formula is C16H16. The molecule has 1 aliphatic rings. The van der Waals surface area contributed by atoms with Crippen LogP contribution in [0.3, 0.4) is 0 Å². The van der Waals surface area contributed by atoms with Gasteiger partial charge in [0.15, 0.2) is 0 Å². The molecule has 2 aromatic rings. The number of hydrogen-bond donors (Lipinski definition) is 0. The van der Waals surface area contributed by atoms with Gasteiger partial charge in [0.05, 0.1) is 0 Å². The monoisotopic (exact) mass is 208 g/mol. The van der Waals surface area contributed by atoms with Crippen LogP contribution in [-0.2, 0) is 6.42 Å². The maximum atomic E-state index is 2.33. The minimum absolute atomic E-state index is 1.11. The fourth-order valence-corrected chi connectivity index (χ4v) is 2.84. The van der Waals surface area contributed by atoms with Crippen LogP contribution in [0.5, 0.6) is 0 Å². The molecule has 0 unspecified atom stereocenters. The van der Waals surface area contributed by atoms with Crippen LogP contribution in [-0.4, -0.2) is 0 Å². The average Bonchev–Trinajstić information content (AvgIpc) is 2.59. The van der Waals surface area contributed by atoms with Gasteiger partial charge in [-0.25, -0.2) is 0 Å². The van der Waals surface area contributed by atoms with E-state index in [4.69, 9.17) is 0 Å². The Morgan fingerprint density at radius 3 is 2.38 bits per heavy atom. The van der Waals surface area contributed by atoms with E-state index in [0.29, 0.717) is 0 Å². The molecule has 0 aliphatic heterocycles. The van der Waals surface area contributed by atoms with E-state index < -0.39 is 0 Å². The number of rotatable bonds is 0. The van der Waals surface area contributed by atoms with Gasteiger partial charge in [-0.15, -0.1) is 0 Å². The van der Waals surface area contributed by atoms with E-state index in [2.05, 4.69) is 51.1 Å². The van der Waals surface area contributed by atoms with Crippen molar-refractivity contribution in [2.45, 2.75) is 27.2 Å². The first-order valence-corrected chi connectivity index (χ1v) is 5.86. The average molecular weight is 208 g/mol. The Balaban J connectivity index is 2.33. The Kier molecular flexibility index (Phi) is 1.94. The van der Waals surface area contributed by atoms with E-state index in [1.807, 2.05) is 0 Å². The third-order valence-corrected chi connectivity index (χ3v) is 3.67. The molecule has 0 N–H and O–H groups in total. The molecule has 2 aromatic carbocycles.